The second-order valence-electron chi connectivity index (χ2n) is 22.9. The molecule has 0 aliphatic carbocycles. The third kappa shape index (κ3) is 70.1. The molecular weight excluding hydrogens is 1240 g/mol. The van der Waals surface area contributed by atoms with Crippen molar-refractivity contribution in [3.8, 4) is 0 Å². The SMILES string of the molecule is CC/C=C\C/C=C\C/C=C\C/C=C\C/C=C\CCCC(=O)OCC(COP(=O)(O)OCC(O)COP(=O)(O)OCC(O)COC(=O)CCCCCCCCCCC/C=C\C/C=C\C/C=C\C/C=C\CCCCC)OC(=O)CCC/C=C\C/C=C\C/C=C\C/C=C\C/C=C\CC. The number of hydrogen-bond donors (Lipinski definition) is 4. The van der Waals surface area contributed by atoms with Crippen LogP contribution in [0, 0.1) is 0 Å². The van der Waals surface area contributed by atoms with Crippen molar-refractivity contribution in [1.29, 1.82) is 0 Å². The molecule has 5 unspecified atom stereocenters. The predicted octanol–water partition coefficient (Wildman–Crippen LogP) is 20.1. The number of aliphatic hydroxyl groups is 2. The minimum Gasteiger partial charge on any atom is -0.463 e. The molecule has 0 amide bonds. The van der Waals surface area contributed by atoms with Gasteiger partial charge in [-0.05, 0) is 141 Å². The van der Waals surface area contributed by atoms with E-state index in [1.165, 1.54) is 51.4 Å². The van der Waals surface area contributed by atoms with Crippen molar-refractivity contribution in [3.05, 3.63) is 170 Å². The average molecular weight is 1370 g/mol. The van der Waals surface area contributed by atoms with Gasteiger partial charge in [0.15, 0.2) is 6.10 Å². The van der Waals surface area contributed by atoms with Crippen molar-refractivity contribution in [2.75, 3.05) is 39.6 Å². The molecule has 16 nitrogen and oxygen atoms in total. The van der Waals surface area contributed by atoms with Crippen LogP contribution in [-0.4, -0.2) is 95.9 Å². The Balaban J connectivity index is 4.72. The molecule has 0 aromatic carbocycles. The van der Waals surface area contributed by atoms with Crippen LogP contribution < -0.4 is 0 Å². The number of carbonyl (C=O) groups is 3. The van der Waals surface area contributed by atoms with Crippen molar-refractivity contribution in [1.82, 2.24) is 0 Å². The van der Waals surface area contributed by atoms with Crippen LogP contribution in [0.2, 0.25) is 0 Å². The van der Waals surface area contributed by atoms with E-state index >= 15 is 0 Å². The molecule has 0 bridgehead atoms. The Hall–Kier alpha value is -5.09. The van der Waals surface area contributed by atoms with Gasteiger partial charge in [0, 0.05) is 19.3 Å². The van der Waals surface area contributed by atoms with E-state index in [-0.39, 0.29) is 19.3 Å². The summed E-state index contributed by atoms with van der Waals surface area (Å²) in [7, 11) is -9.83. The molecule has 0 fully saturated rings. The molecule has 18 heteroatoms. The lowest BCUT2D eigenvalue weighted by molar-refractivity contribution is -0.161. The number of unbranched alkanes of at least 4 members (excludes halogenated alkanes) is 14. The molecule has 0 saturated carbocycles. The Bertz CT molecular complexity index is 2410. The molecule has 0 aliphatic rings. The van der Waals surface area contributed by atoms with Gasteiger partial charge in [0.2, 0.25) is 0 Å². The highest BCUT2D eigenvalue weighted by Gasteiger charge is 2.29. The number of carbonyl (C=O) groups excluding carboxylic acids is 3. The van der Waals surface area contributed by atoms with E-state index in [0.29, 0.717) is 32.1 Å². The molecule has 0 aliphatic heterocycles. The Morgan fingerprint density at radius 3 is 0.926 bits per heavy atom. The van der Waals surface area contributed by atoms with Crippen LogP contribution >= 0.6 is 15.6 Å². The summed E-state index contributed by atoms with van der Waals surface area (Å²) < 4.78 is 60.8. The zero-order valence-electron chi connectivity index (χ0n) is 58.3. The minimum absolute atomic E-state index is 0.00684. The summed E-state index contributed by atoms with van der Waals surface area (Å²) in [6.07, 6.45) is 85.7. The summed E-state index contributed by atoms with van der Waals surface area (Å²) in [4.78, 5) is 58.4. The lowest BCUT2D eigenvalue weighted by Crippen LogP contribution is -2.30. The quantitative estimate of drug-likeness (QED) is 0.0146. The number of esters is 3. The zero-order valence-corrected chi connectivity index (χ0v) is 60.1. The molecule has 0 heterocycles. The maximum Gasteiger partial charge on any atom is 0.472 e. The average Bonchev–Trinajstić information content (AvgIpc) is 2.06. The summed E-state index contributed by atoms with van der Waals surface area (Å²) >= 11 is 0. The normalized spacial score (nSPS) is 15.1. The van der Waals surface area contributed by atoms with Crippen molar-refractivity contribution in [2.24, 2.45) is 0 Å². The lowest BCUT2D eigenvalue weighted by Gasteiger charge is -2.21. The Morgan fingerprint density at radius 1 is 0.305 bits per heavy atom. The third-order valence-corrected chi connectivity index (χ3v) is 15.8. The Labute approximate surface area is 573 Å². The molecule has 0 aromatic rings. The predicted molar refractivity (Wildman–Crippen MR) is 389 cm³/mol. The molecule has 0 radical (unpaired) electrons. The van der Waals surface area contributed by atoms with Gasteiger partial charge < -0.3 is 34.2 Å². The standard InChI is InChI=1S/C77H124O16P2/c1-4-7-10-13-16-19-22-25-28-31-32-33-34-35-36-37-38-41-43-45-48-51-54-57-60-63-75(80)87-66-72(78)67-89-94(83,84)90-68-73(79)69-91-95(85,86)92-71-74(93-77(82)65-62-59-56-53-50-47-44-40-30-27-24-21-18-15-12-9-6-3)70-88-76(81)64-61-58-55-52-49-46-42-39-29-26-23-20-17-14-11-8-5-2/h8-9,11-12,16-21,25-30,32-33,35-36,42,44,46-47,52-53,55-56,72-74,78-79H,4-7,10,13-15,22-24,31,34,37-41,43,45,48-51,54,57-71H2,1-3H3,(H,83,84)(H,85,86)/b11-8-,12-9-,19-16-,20-17-,21-18-,28-25-,29-26-,30-27-,33-32-,36-35-,46-42-,47-44-,55-52-,56-53-. The number of hydrogen-bond acceptors (Lipinski definition) is 14. The first kappa shape index (κ1) is 89.9. The maximum absolute atomic E-state index is 12.9. The number of phosphoric acid groups is 2. The van der Waals surface area contributed by atoms with Crippen LogP contribution in [0.5, 0.6) is 0 Å². The van der Waals surface area contributed by atoms with E-state index < -0.39 is 91.5 Å². The van der Waals surface area contributed by atoms with Gasteiger partial charge in [-0.15, -0.1) is 0 Å². The molecule has 0 aromatic heterocycles. The van der Waals surface area contributed by atoms with Gasteiger partial charge in [-0.1, -0.05) is 249 Å². The number of aliphatic hydroxyl groups excluding tert-OH is 2. The molecule has 5 atom stereocenters. The van der Waals surface area contributed by atoms with Crippen LogP contribution in [0.4, 0.5) is 0 Å². The van der Waals surface area contributed by atoms with Gasteiger partial charge in [0.25, 0.3) is 0 Å². The zero-order chi connectivity index (χ0) is 69.5. The first-order chi connectivity index (χ1) is 46.2. The minimum atomic E-state index is -4.96. The van der Waals surface area contributed by atoms with Gasteiger partial charge in [-0.2, -0.15) is 0 Å². The molecule has 0 saturated heterocycles. The van der Waals surface area contributed by atoms with Gasteiger partial charge in [0.1, 0.15) is 25.4 Å². The maximum atomic E-state index is 12.9. The number of phosphoric ester groups is 2. The van der Waals surface area contributed by atoms with Crippen molar-refractivity contribution in [3.63, 3.8) is 0 Å². The second kappa shape index (κ2) is 68.8. The number of allylic oxidation sites excluding steroid dienone is 28. The summed E-state index contributed by atoms with van der Waals surface area (Å²) in [5.41, 5.74) is 0. The highest BCUT2D eigenvalue weighted by molar-refractivity contribution is 7.47. The number of rotatable bonds is 65. The Morgan fingerprint density at radius 2 is 0.568 bits per heavy atom. The van der Waals surface area contributed by atoms with E-state index in [9.17, 15) is 43.5 Å². The fourth-order valence-electron chi connectivity index (χ4n) is 8.56. The van der Waals surface area contributed by atoms with Crippen molar-refractivity contribution in [2.45, 2.75) is 257 Å². The molecule has 95 heavy (non-hydrogen) atoms. The van der Waals surface area contributed by atoms with E-state index in [1.54, 1.807) is 0 Å². The van der Waals surface area contributed by atoms with E-state index in [1.807, 2.05) is 24.3 Å². The largest absolute Gasteiger partial charge is 0.472 e. The highest BCUT2D eigenvalue weighted by Crippen LogP contribution is 2.45. The topological polar surface area (TPSA) is 231 Å². The van der Waals surface area contributed by atoms with Gasteiger partial charge in [-0.3, -0.25) is 32.5 Å². The first-order valence-electron chi connectivity index (χ1n) is 35.4. The van der Waals surface area contributed by atoms with Crippen LogP contribution in [0.1, 0.15) is 239 Å². The van der Waals surface area contributed by atoms with Gasteiger partial charge in [-0.25, -0.2) is 9.13 Å². The van der Waals surface area contributed by atoms with Crippen LogP contribution in [-0.2, 0) is 55.8 Å². The second-order valence-corrected chi connectivity index (χ2v) is 25.8. The van der Waals surface area contributed by atoms with Crippen molar-refractivity contribution >= 4 is 33.6 Å². The Kier molecular flexibility index (Phi) is 65.1. The monoisotopic (exact) mass is 1370 g/mol. The first-order valence-corrected chi connectivity index (χ1v) is 38.4. The van der Waals surface area contributed by atoms with Crippen LogP contribution in [0.3, 0.4) is 0 Å². The molecule has 538 valence electrons. The smallest absolute Gasteiger partial charge is 0.463 e. The summed E-state index contributed by atoms with van der Waals surface area (Å²) in [5, 5.41) is 20.6. The lowest BCUT2D eigenvalue weighted by atomic mass is 10.1. The van der Waals surface area contributed by atoms with E-state index in [0.717, 1.165) is 116 Å². The molecule has 4 N–H and O–H groups in total. The summed E-state index contributed by atoms with van der Waals surface area (Å²) in [6, 6.07) is 0. The highest BCUT2D eigenvalue weighted by atomic mass is 31.2. The van der Waals surface area contributed by atoms with Gasteiger partial charge in [0.05, 0.1) is 26.4 Å². The molecule has 0 spiro atoms. The third-order valence-electron chi connectivity index (χ3n) is 13.9. The molecule has 0 rings (SSSR count). The van der Waals surface area contributed by atoms with Crippen LogP contribution in [0.15, 0.2) is 170 Å². The fraction of sp³-hybridized carbons (Fsp3) is 0.597. The van der Waals surface area contributed by atoms with E-state index in [2.05, 4.69) is 167 Å². The van der Waals surface area contributed by atoms with Crippen LogP contribution in [0.25, 0.3) is 0 Å². The van der Waals surface area contributed by atoms with Gasteiger partial charge >= 0.3 is 33.6 Å². The fourth-order valence-corrected chi connectivity index (χ4v) is 10.1. The summed E-state index contributed by atoms with van der Waals surface area (Å²) in [6.45, 7) is 2.24. The van der Waals surface area contributed by atoms with Crippen molar-refractivity contribution < 1.29 is 75.8 Å². The summed E-state index contributed by atoms with van der Waals surface area (Å²) in [5.74, 6) is -1.73. The molecular formula is C77H124O16P2. The number of ether oxygens (including phenoxy) is 3. The van der Waals surface area contributed by atoms with E-state index in [4.69, 9.17) is 32.3 Å².